The molecular formula is C12H23NO. The minimum atomic E-state index is 0.852. The smallest absolute Gasteiger partial charge is 0.0519 e. The molecule has 1 N–H and O–H groups in total. The van der Waals surface area contributed by atoms with E-state index in [1.807, 2.05) is 0 Å². The van der Waals surface area contributed by atoms with Gasteiger partial charge in [-0.1, -0.05) is 32.1 Å². The van der Waals surface area contributed by atoms with Crippen LogP contribution >= 0.6 is 0 Å². The van der Waals surface area contributed by atoms with E-state index in [0.29, 0.717) is 0 Å². The number of nitrogens with one attached hydrogen (secondary N) is 1. The van der Waals surface area contributed by atoms with Crippen LogP contribution in [0.4, 0.5) is 0 Å². The summed E-state index contributed by atoms with van der Waals surface area (Å²) in [6.45, 7) is 3.23. The van der Waals surface area contributed by atoms with Crippen LogP contribution in [0.1, 0.15) is 32.1 Å². The van der Waals surface area contributed by atoms with Crippen LogP contribution in [0.5, 0.6) is 0 Å². The molecule has 1 atom stereocenters. The first-order chi connectivity index (χ1) is 6.92. The van der Waals surface area contributed by atoms with Crippen molar-refractivity contribution >= 4 is 0 Å². The van der Waals surface area contributed by atoms with E-state index in [1.165, 1.54) is 38.6 Å². The van der Waals surface area contributed by atoms with Crippen LogP contribution in [0.3, 0.4) is 0 Å². The lowest BCUT2D eigenvalue weighted by Crippen LogP contribution is -2.42. The van der Waals surface area contributed by atoms with E-state index >= 15 is 0 Å². The zero-order valence-corrected chi connectivity index (χ0v) is 9.30. The maximum atomic E-state index is 5.33. The molecule has 1 heterocycles. The van der Waals surface area contributed by atoms with E-state index in [1.54, 1.807) is 0 Å². The highest BCUT2D eigenvalue weighted by Gasteiger charge is 2.33. The molecule has 1 aliphatic carbocycles. The van der Waals surface area contributed by atoms with Crippen LogP contribution in [-0.4, -0.2) is 26.8 Å². The minimum absolute atomic E-state index is 0.852. The lowest BCUT2D eigenvalue weighted by molar-refractivity contribution is -0.0756. The topological polar surface area (TPSA) is 21.3 Å². The van der Waals surface area contributed by atoms with Crippen molar-refractivity contribution in [2.45, 2.75) is 32.1 Å². The fourth-order valence-corrected chi connectivity index (χ4v) is 3.02. The van der Waals surface area contributed by atoms with E-state index in [-0.39, 0.29) is 0 Å². The third-order valence-corrected chi connectivity index (χ3v) is 3.96. The molecule has 2 aliphatic rings. The highest BCUT2D eigenvalue weighted by Crippen LogP contribution is 2.36. The largest absolute Gasteiger partial charge is 0.381 e. The summed E-state index contributed by atoms with van der Waals surface area (Å²) in [5.74, 6) is 2.71. The number of hydrogen-bond donors (Lipinski definition) is 1. The van der Waals surface area contributed by atoms with Crippen molar-refractivity contribution in [1.29, 1.82) is 0 Å². The van der Waals surface area contributed by atoms with Gasteiger partial charge in [-0.2, -0.15) is 0 Å². The van der Waals surface area contributed by atoms with Gasteiger partial charge in [-0.05, 0) is 25.4 Å². The molecule has 0 aromatic carbocycles. The molecule has 2 nitrogen and oxygen atoms in total. The third kappa shape index (κ3) is 2.29. The second kappa shape index (κ2) is 5.13. The Morgan fingerprint density at radius 3 is 2.36 bits per heavy atom. The highest BCUT2D eigenvalue weighted by molar-refractivity contribution is 4.83. The van der Waals surface area contributed by atoms with E-state index in [9.17, 15) is 0 Å². The maximum absolute atomic E-state index is 5.33. The zero-order chi connectivity index (χ0) is 9.80. The molecule has 82 valence electrons. The number of ether oxygens (including phenoxy) is 1. The van der Waals surface area contributed by atoms with Crippen LogP contribution < -0.4 is 5.32 Å². The Morgan fingerprint density at radius 2 is 1.86 bits per heavy atom. The molecule has 2 fully saturated rings. The monoisotopic (exact) mass is 197 g/mol. The maximum Gasteiger partial charge on any atom is 0.0519 e. The van der Waals surface area contributed by atoms with Crippen LogP contribution in [0.2, 0.25) is 0 Å². The summed E-state index contributed by atoms with van der Waals surface area (Å²) in [6, 6.07) is 0. The van der Waals surface area contributed by atoms with Gasteiger partial charge in [0, 0.05) is 5.92 Å². The van der Waals surface area contributed by atoms with Crippen molar-refractivity contribution in [3.8, 4) is 0 Å². The van der Waals surface area contributed by atoms with Crippen molar-refractivity contribution in [2.24, 2.45) is 17.8 Å². The van der Waals surface area contributed by atoms with E-state index in [0.717, 1.165) is 31.0 Å². The van der Waals surface area contributed by atoms with E-state index in [4.69, 9.17) is 4.74 Å². The van der Waals surface area contributed by atoms with Crippen molar-refractivity contribution in [3.05, 3.63) is 0 Å². The Balaban J connectivity index is 1.86. The fraction of sp³-hybridized carbons (Fsp3) is 1.00. The molecule has 14 heavy (non-hydrogen) atoms. The molecule has 0 aromatic rings. The predicted molar refractivity (Wildman–Crippen MR) is 58.3 cm³/mol. The van der Waals surface area contributed by atoms with Gasteiger partial charge in [-0.15, -0.1) is 0 Å². The SMILES string of the molecule is CNCC(C1CCCCC1)C1COC1. The van der Waals surface area contributed by atoms with Gasteiger partial charge in [0.05, 0.1) is 13.2 Å². The minimum Gasteiger partial charge on any atom is -0.381 e. The molecule has 2 heteroatoms. The second-order valence-electron chi connectivity index (χ2n) is 4.92. The Kier molecular flexibility index (Phi) is 3.82. The first kappa shape index (κ1) is 10.4. The van der Waals surface area contributed by atoms with Crippen LogP contribution in [-0.2, 0) is 4.74 Å². The Labute approximate surface area is 87.4 Å². The third-order valence-electron chi connectivity index (χ3n) is 3.96. The molecule has 1 aliphatic heterocycles. The molecule has 0 bridgehead atoms. The van der Waals surface area contributed by atoms with Crippen molar-refractivity contribution in [2.75, 3.05) is 26.8 Å². The van der Waals surface area contributed by atoms with Crippen LogP contribution in [0.15, 0.2) is 0 Å². The normalized spacial score (nSPS) is 27.2. The fourth-order valence-electron chi connectivity index (χ4n) is 3.02. The van der Waals surface area contributed by atoms with Crippen LogP contribution in [0, 0.1) is 17.8 Å². The standard InChI is InChI=1S/C12H23NO/c1-13-7-12(11-8-14-9-11)10-5-3-2-4-6-10/h10-13H,2-9H2,1H3. The van der Waals surface area contributed by atoms with Gasteiger partial charge in [-0.3, -0.25) is 0 Å². The molecule has 0 amide bonds. The van der Waals surface area contributed by atoms with Crippen molar-refractivity contribution in [1.82, 2.24) is 5.32 Å². The predicted octanol–water partition coefficient (Wildman–Crippen LogP) is 2.05. The van der Waals surface area contributed by atoms with E-state index in [2.05, 4.69) is 12.4 Å². The second-order valence-corrected chi connectivity index (χ2v) is 4.92. The number of rotatable bonds is 4. The van der Waals surface area contributed by atoms with Crippen molar-refractivity contribution in [3.63, 3.8) is 0 Å². The summed E-state index contributed by atoms with van der Waals surface area (Å²) < 4.78 is 5.33. The molecule has 0 radical (unpaired) electrons. The van der Waals surface area contributed by atoms with Gasteiger partial charge in [-0.25, -0.2) is 0 Å². The Bertz CT molecular complexity index is 162. The number of hydrogen-bond acceptors (Lipinski definition) is 2. The average molecular weight is 197 g/mol. The van der Waals surface area contributed by atoms with E-state index < -0.39 is 0 Å². The lowest BCUT2D eigenvalue weighted by atomic mass is 9.73. The van der Waals surface area contributed by atoms with Crippen LogP contribution in [0.25, 0.3) is 0 Å². The van der Waals surface area contributed by atoms with Gasteiger partial charge in [0.1, 0.15) is 0 Å². The first-order valence-corrected chi connectivity index (χ1v) is 6.14. The van der Waals surface area contributed by atoms with Gasteiger partial charge >= 0.3 is 0 Å². The Hall–Kier alpha value is -0.0800. The molecular weight excluding hydrogens is 174 g/mol. The lowest BCUT2D eigenvalue weighted by Gasteiger charge is -2.40. The van der Waals surface area contributed by atoms with Gasteiger partial charge in [0.2, 0.25) is 0 Å². The molecule has 0 spiro atoms. The molecule has 0 aromatic heterocycles. The average Bonchev–Trinajstić information content (AvgIpc) is 2.16. The molecule has 1 unspecified atom stereocenters. The molecule has 1 saturated heterocycles. The highest BCUT2D eigenvalue weighted by atomic mass is 16.5. The first-order valence-electron chi connectivity index (χ1n) is 6.14. The van der Waals surface area contributed by atoms with Gasteiger partial charge in [0.15, 0.2) is 0 Å². The summed E-state index contributed by atoms with van der Waals surface area (Å²) >= 11 is 0. The molecule has 1 saturated carbocycles. The quantitative estimate of drug-likeness (QED) is 0.745. The summed E-state index contributed by atoms with van der Waals surface area (Å²) in [7, 11) is 2.08. The van der Waals surface area contributed by atoms with Gasteiger partial charge < -0.3 is 10.1 Å². The summed E-state index contributed by atoms with van der Waals surface area (Å²) in [4.78, 5) is 0. The summed E-state index contributed by atoms with van der Waals surface area (Å²) in [6.07, 6.45) is 7.30. The Morgan fingerprint density at radius 1 is 1.14 bits per heavy atom. The van der Waals surface area contributed by atoms with Crippen molar-refractivity contribution < 1.29 is 4.74 Å². The van der Waals surface area contributed by atoms with Gasteiger partial charge in [0.25, 0.3) is 0 Å². The molecule has 2 rings (SSSR count). The summed E-state index contributed by atoms with van der Waals surface area (Å²) in [5.41, 5.74) is 0. The summed E-state index contributed by atoms with van der Waals surface area (Å²) in [5, 5.41) is 3.36. The zero-order valence-electron chi connectivity index (χ0n) is 9.30.